The van der Waals surface area contributed by atoms with Crippen LogP contribution in [0.1, 0.15) is 51.7 Å². The van der Waals surface area contributed by atoms with Crippen LogP contribution in [0.4, 0.5) is 0 Å². The highest BCUT2D eigenvalue weighted by atomic mass is 35.5. The Kier molecular flexibility index (Phi) is 5.86. The van der Waals surface area contributed by atoms with Gasteiger partial charge in [-0.3, -0.25) is 0 Å². The van der Waals surface area contributed by atoms with E-state index in [-0.39, 0.29) is 24.2 Å². The van der Waals surface area contributed by atoms with Crippen molar-refractivity contribution in [3.63, 3.8) is 0 Å². The maximum Gasteiger partial charge on any atom is 0.458 e. The van der Waals surface area contributed by atoms with Gasteiger partial charge in [0.25, 0.3) is 0 Å². The van der Waals surface area contributed by atoms with Gasteiger partial charge in [0.15, 0.2) is 0 Å². The smallest absolute Gasteiger partial charge is 0.403 e. The molecule has 1 atom stereocenters. The van der Waals surface area contributed by atoms with Gasteiger partial charge in [-0.15, -0.1) is 0 Å². The second-order valence-corrected chi connectivity index (χ2v) is 8.73. The number of halogens is 1. The van der Waals surface area contributed by atoms with Crippen LogP contribution in [0.3, 0.4) is 0 Å². The predicted octanol–water partition coefficient (Wildman–Crippen LogP) is 6.62. The zero-order valence-electron chi connectivity index (χ0n) is 16.8. The Labute approximate surface area is 168 Å². The Morgan fingerprint density at radius 1 is 0.963 bits per heavy atom. The summed E-state index contributed by atoms with van der Waals surface area (Å²) in [5, 5.41) is 0.747. The van der Waals surface area contributed by atoms with Crippen LogP contribution in [0.5, 0.6) is 0 Å². The summed E-state index contributed by atoms with van der Waals surface area (Å²) in [6, 6.07) is 18.5. The van der Waals surface area contributed by atoms with Crippen molar-refractivity contribution < 1.29 is 9.31 Å². The van der Waals surface area contributed by atoms with Crippen molar-refractivity contribution in [2.45, 2.75) is 58.1 Å². The fraction of sp³-hybridized carbons (Fsp3) is 0.391. The van der Waals surface area contributed by atoms with E-state index in [4.69, 9.17) is 20.9 Å². The molecule has 1 heterocycles. The summed E-state index contributed by atoms with van der Waals surface area (Å²) in [5.41, 5.74) is 3.04. The Bertz CT molecular complexity index is 781. The zero-order valence-corrected chi connectivity index (χ0v) is 17.6. The first kappa shape index (κ1) is 20.2. The molecule has 1 fully saturated rings. The highest BCUT2D eigenvalue weighted by molar-refractivity contribution is 6.45. The predicted molar refractivity (Wildman–Crippen MR) is 115 cm³/mol. The highest BCUT2D eigenvalue weighted by Gasteiger charge is 2.51. The number of hydrogen-bond acceptors (Lipinski definition) is 2. The molecule has 0 aliphatic carbocycles. The first-order chi connectivity index (χ1) is 12.7. The summed E-state index contributed by atoms with van der Waals surface area (Å²) in [4.78, 5) is 0. The summed E-state index contributed by atoms with van der Waals surface area (Å²) < 4.78 is 12.5. The van der Waals surface area contributed by atoms with E-state index in [1.54, 1.807) is 0 Å². The summed E-state index contributed by atoms with van der Waals surface area (Å²) in [5.74, 6) is 0.178. The SMILES string of the molecule is C/C(=C\[C@H](CB1OC(C)(C)C(C)(C)O1)c1ccc(Cl)cc1)c1ccccc1. The van der Waals surface area contributed by atoms with Crippen molar-refractivity contribution in [3.05, 3.63) is 76.8 Å². The van der Waals surface area contributed by atoms with Gasteiger partial charge in [0.1, 0.15) is 0 Å². The third-order valence-corrected chi connectivity index (χ3v) is 5.98. The van der Waals surface area contributed by atoms with Crippen molar-refractivity contribution in [1.29, 1.82) is 0 Å². The summed E-state index contributed by atoms with van der Waals surface area (Å²) >= 11 is 6.10. The monoisotopic (exact) mass is 382 g/mol. The first-order valence-corrected chi connectivity index (χ1v) is 9.91. The van der Waals surface area contributed by atoms with Gasteiger partial charge >= 0.3 is 7.12 Å². The van der Waals surface area contributed by atoms with Crippen LogP contribution in [0.25, 0.3) is 5.57 Å². The van der Waals surface area contributed by atoms with Gasteiger partial charge < -0.3 is 9.31 Å². The van der Waals surface area contributed by atoms with E-state index in [1.807, 2.05) is 18.2 Å². The van der Waals surface area contributed by atoms with Gasteiger partial charge in [-0.05, 0) is 69.8 Å². The third-order valence-electron chi connectivity index (χ3n) is 5.73. The van der Waals surface area contributed by atoms with Crippen molar-refractivity contribution in [1.82, 2.24) is 0 Å². The molecule has 0 N–H and O–H groups in total. The molecule has 0 amide bonds. The topological polar surface area (TPSA) is 18.5 Å². The fourth-order valence-electron chi connectivity index (χ4n) is 3.38. The van der Waals surface area contributed by atoms with Gasteiger partial charge in [-0.25, -0.2) is 0 Å². The largest absolute Gasteiger partial charge is 0.458 e. The van der Waals surface area contributed by atoms with Gasteiger partial charge in [-0.1, -0.05) is 60.1 Å². The van der Waals surface area contributed by atoms with Crippen LogP contribution in [-0.4, -0.2) is 18.3 Å². The summed E-state index contributed by atoms with van der Waals surface area (Å²) in [6.07, 6.45) is 3.07. The first-order valence-electron chi connectivity index (χ1n) is 9.53. The molecule has 4 heteroatoms. The molecule has 142 valence electrons. The molecule has 2 aromatic rings. The van der Waals surface area contributed by atoms with Gasteiger partial charge in [0.05, 0.1) is 11.2 Å². The van der Waals surface area contributed by atoms with Crippen LogP contribution >= 0.6 is 11.6 Å². The van der Waals surface area contributed by atoms with E-state index < -0.39 is 0 Å². The summed E-state index contributed by atoms with van der Waals surface area (Å²) in [6.45, 7) is 10.5. The number of hydrogen-bond donors (Lipinski definition) is 0. The quantitative estimate of drug-likeness (QED) is 0.541. The Morgan fingerprint density at radius 2 is 1.52 bits per heavy atom. The second-order valence-electron chi connectivity index (χ2n) is 8.30. The minimum Gasteiger partial charge on any atom is -0.403 e. The Balaban J connectivity index is 1.88. The van der Waals surface area contributed by atoms with Crippen LogP contribution < -0.4 is 0 Å². The van der Waals surface area contributed by atoms with E-state index in [0.29, 0.717) is 0 Å². The van der Waals surface area contributed by atoms with E-state index in [0.717, 1.165) is 11.3 Å². The lowest BCUT2D eigenvalue weighted by Gasteiger charge is -2.32. The fourth-order valence-corrected chi connectivity index (χ4v) is 3.50. The highest BCUT2D eigenvalue weighted by Crippen LogP contribution is 2.40. The average molecular weight is 383 g/mol. The molecule has 1 aliphatic rings. The lowest BCUT2D eigenvalue weighted by atomic mass is 9.74. The molecule has 27 heavy (non-hydrogen) atoms. The molecular formula is C23H28BClO2. The molecule has 0 unspecified atom stereocenters. The number of rotatable bonds is 5. The van der Waals surface area contributed by atoms with Crippen molar-refractivity contribution in [2.75, 3.05) is 0 Å². The zero-order chi connectivity index (χ0) is 19.7. The molecule has 2 aromatic carbocycles. The van der Waals surface area contributed by atoms with Crippen molar-refractivity contribution in [2.24, 2.45) is 0 Å². The van der Waals surface area contributed by atoms with E-state index in [1.165, 1.54) is 16.7 Å². The molecule has 2 nitrogen and oxygen atoms in total. The Hall–Kier alpha value is -1.55. The molecular weight excluding hydrogens is 355 g/mol. The standard InChI is InChI=1S/C23H28BClO2/c1-17(18-9-7-6-8-10-18)15-20(19-11-13-21(25)14-12-19)16-24-26-22(2,3)23(4,5)27-24/h6-15,20H,16H2,1-5H3/b17-15+/t20-/m1/s1. The lowest BCUT2D eigenvalue weighted by molar-refractivity contribution is 0.00578. The van der Waals surface area contributed by atoms with Crippen molar-refractivity contribution >= 4 is 24.3 Å². The molecule has 1 aliphatic heterocycles. The number of benzene rings is 2. The van der Waals surface area contributed by atoms with Crippen LogP contribution in [0.2, 0.25) is 11.3 Å². The van der Waals surface area contributed by atoms with Crippen LogP contribution in [0.15, 0.2) is 60.7 Å². The molecule has 0 spiro atoms. The van der Waals surface area contributed by atoms with E-state index in [2.05, 4.69) is 77.1 Å². The van der Waals surface area contributed by atoms with Crippen molar-refractivity contribution in [3.8, 4) is 0 Å². The van der Waals surface area contributed by atoms with E-state index in [9.17, 15) is 0 Å². The minimum absolute atomic E-state index is 0.178. The molecule has 1 saturated heterocycles. The molecule has 0 bridgehead atoms. The van der Waals surface area contributed by atoms with E-state index >= 15 is 0 Å². The van der Waals surface area contributed by atoms with Gasteiger partial charge in [-0.2, -0.15) is 0 Å². The molecule has 3 rings (SSSR count). The van der Waals surface area contributed by atoms with Gasteiger partial charge in [0, 0.05) is 10.9 Å². The molecule has 0 radical (unpaired) electrons. The minimum atomic E-state index is -0.319. The average Bonchev–Trinajstić information content (AvgIpc) is 2.82. The third kappa shape index (κ3) is 4.66. The van der Waals surface area contributed by atoms with Crippen LogP contribution in [-0.2, 0) is 9.31 Å². The lowest BCUT2D eigenvalue weighted by Crippen LogP contribution is -2.41. The molecule has 0 aromatic heterocycles. The number of allylic oxidation sites excluding steroid dienone is 2. The maximum atomic E-state index is 6.25. The maximum absolute atomic E-state index is 6.25. The van der Waals surface area contributed by atoms with Crippen LogP contribution in [0, 0.1) is 0 Å². The normalized spacial score (nSPS) is 19.9. The molecule has 0 saturated carbocycles. The summed E-state index contributed by atoms with van der Waals surface area (Å²) in [7, 11) is -0.240. The Morgan fingerprint density at radius 3 is 2.07 bits per heavy atom. The second kappa shape index (κ2) is 7.83. The van der Waals surface area contributed by atoms with Gasteiger partial charge in [0.2, 0.25) is 0 Å².